The number of carbonyl (C=O) groups excluding carboxylic acids is 1. The molecule has 1 aliphatic rings. The summed E-state index contributed by atoms with van der Waals surface area (Å²) >= 11 is 0. The van der Waals surface area contributed by atoms with Crippen molar-refractivity contribution in [3.05, 3.63) is 29.7 Å². The van der Waals surface area contributed by atoms with Crippen LogP contribution >= 0.6 is 0 Å². The molecular weight excluding hydrogens is 370 g/mol. The summed E-state index contributed by atoms with van der Waals surface area (Å²) < 4.78 is 11.2. The van der Waals surface area contributed by atoms with Gasteiger partial charge in [-0.1, -0.05) is 27.2 Å². The molecule has 0 saturated heterocycles. The molecular formula is C21H35N5O3. The number of ether oxygens (including phenoxy) is 2. The van der Waals surface area contributed by atoms with E-state index in [1.54, 1.807) is 19.3 Å². The number of rotatable bonds is 7. The Kier molecular flexibility index (Phi) is 8.13. The van der Waals surface area contributed by atoms with Gasteiger partial charge in [-0.15, -0.1) is 0 Å². The molecule has 1 aromatic heterocycles. The van der Waals surface area contributed by atoms with Crippen molar-refractivity contribution in [1.29, 1.82) is 0 Å². The molecule has 162 valence electrons. The number of alkyl carbamates (subject to hydrolysis) is 1. The average Bonchev–Trinajstić information content (AvgIpc) is 2.67. The number of hydrazine groups is 1. The van der Waals surface area contributed by atoms with Crippen molar-refractivity contribution in [2.75, 3.05) is 20.2 Å². The maximum absolute atomic E-state index is 11.9. The van der Waals surface area contributed by atoms with Gasteiger partial charge in [-0.2, -0.15) is 0 Å². The first-order valence-corrected chi connectivity index (χ1v) is 10.2. The summed E-state index contributed by atoms with van der Waals surface area (Å²) in [7, 11) is 1.66. The van der Waals surface area contributed by atoms with Crippen LogP contribution in [0.15, 0.2) is 24.0 Å². The maximum atomic E-state index is 11.9. The Labute approximate surface area is 173 Å². The normalized spacial score (nSPS) is 16.0. The molecule has 29 heavy (non-hydrogen) atoms. The third kappa shape index (κ3) is 7.81. The van der Waals surface area contributed by atoms with Crippen LogP contribution in [-0.4, -0.2) is 42.4 Å². The number of nitrogens with one attached hydrogen (secondary N) is 1. The second-order valence-electron chi connectivity index (χ2n) is 8.72. The van der Waals surface area contributed by atoms with Gasteiger partial charge in [0, 0.05) is 7.05 Å². The van der Waals surface area contributed by atoms with Gasteiger partial charge in [-0.3, -0.25) is 4.98 Å². The second kappa shape index (κ2) is 10.3. The van der Waals surface area contributed by atoms with Gasteiger partial charge in [0.25, 0.3) is 0 Å². The molecule has 0 aromatic carbocycles. The Balaban J connectivity index is 1.99. The highest BCUT2D eigenvalue weighted by molar-refractivity contribution is 5.69. The number of aromatic nitrogens is 1. The van der Waals surface area contributed by atoms with Crippen LogP contribution in [0.2, 0.25) is 0 Å². The van der Waals surface area contributed by atoms with Gasteiger partial charge in [-0.25, -0.2) is 10.6 Å². The van der Waals surface area contributed by atoms with E-state index in [1.807, 2.05) is 26.8 Å². The molecule has 0 unspecified atom stereocenters. The van der Waals surface area contributed by atoms with Gasteiger partial charge in [-0.05, 0) is 43.2 Å². The molecule has 1 heterocycles. The summed E-state index contributed by atoms with van der Waals surface area (Å²) in [5, 5.41) is 4.05. The SMILES string of the molecule is CN(N)/C(CNC(=O)OCC(C)(C)C)=C(\N)c1ccc(OC2CCCCC2)cn1. The van der Waals surface area contributed by atoms with E-state index in [9.17, 15) is 4.79 Å². The van der Waals surface area contributed by atoms with Crippen molar-refractivity contribution >= 4 is 11.8 Å². The number of pyridine rings is 1. The van der Waals surface area contributed by atoms with E-state index in [1.165, 1.54) is 24.3 Å². The molecule has 5 N–H and O–H groups in total. The largest absolute Gasteiger partial charge is 0.489 e. The van der Waals surface area contributed by atoms with Crippen molar-refractivity contribution in [1.82, 2.24) is 15.3 Å². The molecule has 1 amide bonds. The van der Waals surface area contributed by atoms with Crippen molar-refractivity contribution in [2.45, 2.75) is 59.0 Å². The van der Waals surface area contributed by atoms with Crippen molar-refractivity contribution in [2.24, 2.45) is 17.0 Å². The number of hydrogen-bond donors (Lipinski definition) is 3. The van der Waals surface area contributed by atoms with Crippen LogP contribution in [0.3, 0.4) is 0 Å². The summed E-state index contributed by atoms with van der Waals surface area (Å²) in [6.45, 7) is 6.42. The molecule has 2 rings (SSSR count). The van der Waals surface area contributed by atoms with Crippen LogP contribution < -0.4 is 21.6 Å². The molecule has 1 aliphatic carbocycles. The topological polar surface area (TPSA) is 116 Å². The van der Waals surface area contributed by atoms with E-state index >= 15 is 0 Å². The van der Waals surface area contributed by atoms with Crippen molar-refractivity contribution in [3.63, 3.8) is 0 Å². The molecule has 0 bridgehead atoms. The van der Waals surface area contributed by atoms with Gasteiger partial charge in [0.05, 0.1) is 42.5 Å². The summed E-state index contributed by atoms with van der Waals surface area (Å²) in [4.78, 5) is 16.3. The first-order chi connectivity index (χ1) is 13.7. The van der Waals surface area contributed by atoms with E-state index < -0.39 is 6.09 Å². The standard InChI is InChI=1S/C21H35N5O3/c1-21(2,3)14-28-20(27)25-13-18(26(4)23)19(22)17-11-10-16(12-24-17)29-15-8-6-5-7-9-15/h10-12,15H,5-9,13-14,22-23H2,1-4H3,(H,25,27)/b19-18-. The Bertz CT molecular complexity index is 689. The molecule has 0 radical (unpaired) electrons. The first-order valence-electron chi connectivity index (χ1n) is 10.2. The molecule has 1 saturated carbocycles. The van der Waals surface area contributed by atoms with Crippen LogP contribution in [0.4, 0.5) is 4.79 Å². The minimum absolute atomic E-state index is 0.106. The number of hydrogen-bond acceptors (Lipinski definition) is 7. The Hall–Kier alpha value is -2.48. The van der Waals surface area contributed by atoms with Crippen LogP contribution in [-0.2, 0) is 4.74 Å². The molecule has 0 aliphatic heterocycles. The highest BCUT2D eigenvalue weighted by Gasteiger charge is 2.17. The fraction of sp³-hybridized carbons (Fsp3) is 0.619. The zero-order chi connectivity index (χ0) is 21.4. The monoisotopic (exact) mass is 405 g/mol. The van der Waals surface area contributed by atoms with E-state index in [0.717, 1.165) is 18.6 Å². The smallest absolute Gasteiger partial charge is 0.407 e. The van der Waals surface area contributed by atoms with Crippen LogP contribution in [0.5, 0.6) is 5.75 Å². The molecule has 8 heteroatoms. The summed E-state index contributed by atoms with van der Waals surface area (Å²) in [5.41, 5.74) is 7.65. The lowest BCUT2D eigenvalue weighted by molar-refractivity contribution is 0.106. The minimum Gasteiger partial charge on any atom is -0.489 e. The zero-order valence-electron chi connectivity index (χ0n) is 18.0. The quantitative estimate of drug-likeness (QED) is 0.472. The first kappa shape index (κ1) is 22.8. The Morgan fingerprint density at radius 2 is 1.97 bits per heavy atom. The van der Waals surface area contributed by atoms with Gasteiger partial charge < -0.3 is 25.5 Å². The second-order valence-corrected chi connectivity index (χ2v) is 8.72. The zero-order valence-corrected chi connectivity index (χ0v) is 18.0. The Morgan fingerprint density at radius 3 is 2.52 bits per heavy atom. The molecule has 1 aromatic rings. The lowest BCUT2D eigenvalue weighted by atomic mass is 9.98. The fourth-order valence-corrected chi connectivity index (χ4v) is 3.03. The molecule has 0 spiro atoms. The number of amides is 1. The van der Waals surface area contributed by atoms with Gasteiger partial charge in [0.1, 0.15) is 5.75 Å². The maximum Gasteiger partial charge on any atom is 0.407 e. The molecule has 0 atom stereocenters. The number of nitrogens with zero attached hydrogens (tertiary/aromatic N) is 2. The van der Waals surface area contributed by atoms with Crippen LogP contribution in [0, 0.1) is 5.41 Å². The van der Waals surface area contributed by atoms with Gasteiger partial charge in [0.15, 0.2) is 0 Å². The van der Waals surface area contributed by atoms with Crippen molar-refractivity contribution < 1.29 is 14.3 Å². The molecule has 8 nitrogen and oxygen atoms in total. The van der Waals surface area contributed by atoms with E-state index in [4.69, 9.17) is 21.1 Å². The number of carbonyl (C=O) groups is 1. The highest BCUT2D eigenvalue weighted by Crippen LogP contribution is 2.23. The summed E-state index contributed by atoms with van der Waals surface area (Å²) in [6, 6.07) is 3.66. The minimum atomic E-state index is -0.517. The number of nitrogens with two attached hydrogens (primary N) is 2. The third-order valence-corrected chi connectivity index (χ3v) is 4.64. The predicted molar refractivity (Wildman–Crippen MR) is 114 cm³/mol. The van der Waals surface area contributed by atoms with Crippen LogP contribution in [0.25, 0.3) is 5.70 Å². The lowest BCUT2D eigenvalue weighted by Crippen LogP contribution is -2.37. The van der Waals surface area contributed by atoms with E-state index in [2.05, 4.69) is 10.3 Å². The summed E-state index contributed by atoms with van der Waals surface area (Å²) in [6.07, 6.45) is 7.30. The fourth-order valence-electron chi connectivity index (χ4n) is 3.03. The highest BCUT2D eigenvalue weighted by atomic mass is 16.5. The van der Waals surface area contributed by atoms with Gasteiger partial charge >= 0.3 is 6.09 Å². The predicted octanol–water partition coefficient (Wildman–Crippen LogP) is 3.00. The van der Waals surface area contributed by atoms with Crippen molar-refractivity contribution in [3.8, 4) is 5.75 Å². The number of likely N-dealkylation sites (N-methyl/N-ethyl adjacent to an activating group) is 1. The average molecular weight is 406 g/mol. The van der Waals surface area contributed by atoms with E-state index in [0.29, 0.717) is 23.7 Å². The van der Waals surface area contributed by atoms with E-state index in [-0.39, 0.29) is 18.1 Å². The lowest BCUT2D eigenvalue weighted by Gasteiger charge is -2.23. The van der Waals surface area contributed by atoms with Crippen LogP contribution in [0.1, 0.15) is 58.6 Å². The third-order valence-electron chi connectivity index (χ3n) is 4.64. The summed E-state index contributed by atoms with van der Waals surface area (Å²) in [5.74, 6) is 6.64. The molecule has 1 fully saturated rings. The van der Waals surface area contributed by atoms with Gasteiger partial charge in [0.2, 0.25) is 0 Å². The Morgan fingerprint density at radius 1 is 1.28 bits per heavy atom.